The van der Waals surface area contributed by atoms with Gasteiger partial charge in [0.2, 0.25) is 0 Å². The van der Waals surface area contributed by atoms with E-state index in [1.807, 2.05) is 56.8 Å². The highest BCUT2D eigenvalue weighted by Crippen LogP contribution is 2.14. The van der Waals surface area contributed by atoms with E-state index in [1.165, 1.54) is 23.0 Å². The van der Waals surface area contributed by atoms with Crippen molar-refractivity contribution in [2.45, 2.75) is 12.8 Å². The summed E-state index contributed by atoms with van der Waals surface area (Å²) < 4.78 is 0. The average molecular weight is 475 g/mol. The minimum Gasteiger partial charge on any atom is -0.323 e. The third-order valence-corrected chi connectivity index (χ3v) is 9.51. The molecule has 1 saturated heterocycles. The molecule has 0 unspecified atom stereocenters. The Labute approximate surface area is 188 Å². The zero-order chi connectivity index (χ0) is 18.9. The predicted molar refractivity (Wildman–Crippen MR) is 135 cm³/mol. The second kappa shape index (κ2) is 18.4. The molecule has 1 aliphatic rings. The highest BCUT2D eigenvalue weighted by molar-refractivity contribution is 8.03. The van der Waals surface area contributed by atoms with E-state index in [9.17, 15) is 4.79 Å². The van der Waals surface area contributed by atoms with Crippen molar-refractivity contribution in [1.29, 1.82) is 0 Å². The Hall–Kier alpha value is 1.37. The second-order valence-electron chi connectivity index (χ2n) is 5.86. The Balaban J connectivity index is 1.94. The van der Waals surface area contributed by atoms with E-state index in [-0.39, 0.29) is 6.03 Å². The highest BCUT2D eigenvalue weighted by atomic mass is 32.2. The molecule has 9 heteroatoms. The number of carbonyl (C=O) groups is 1. The lowest BCUT2D eigenvalue weighted by Crippen LogP contribution is -2.33. The Morgan fingerprint density at radius 2 is 1.04 bits per heavy atom. The van der Waals surface area contributed by atoms with Crippen LogP contribution in [0, 0.1) is 0 Å². The molecule has 26 heavy (non-hydrogen) atoms. The fourth-order valence-electron chi connectivity index (χ4n) is 2.54. The lowest BCUT2D eigenvalue weighted by molar-refractivity contribution is 0.192. The SMILES string of the molecule is O=C1N(CCCSCCSCCS)CCN1CCCSCCSCCS. The van der Waals surface area contributed by atoms with Gasteiger partial charge in [-0.05, 0) is 35.9 Å². The van der Waals surface area contributed by atoms with Crippen LogP contribution in [0.5, 0.6) is 0 Å². The first kappa shape index (κ1) is 25.4. The van der Waals surface area contributed by atoms with Crippen LogP contribution < -0.4 is 0 Å². The lowest BCUT2D eigenvalue weighted by atomic mass is 10.4. The molecular formula is C17H34N2OS6. The molecule has 0 atom stereocenters. The Morgan fingerprint density at radius 3 is 1.42 bits per heavy atom. The van der Waals surface area contributed by atoms with Crippen molar-refractivity contribution in [3.63, 3.8) is 0 Å². The summed E-state index contributed by atoms with van der Waals surface area (Å²) in [6.07, 6.45) is 2.22. The van der Waals surface area contributed by atoms with E-state index < -0.39 is 0 Å². The van der Waals surface area contributed by atoms with Gasteiger partial charge >= 0.3 is 6.03 Å². The first-order chi connectivity index (χ1) is 12.8. The maximum atomic E-state index is 12.4. The first-order valence-corrected chi connectivity index (χ1v) is 15.2. The molecule has 154 valence electrons. The van der Waals surface area contributed by atoms with E-state index in [2.05, 4.69) is 25.3 Å². The van der Waals surface area contributed by atoms with Crippen molar-refractivity contribution >= 4 is 78.3 Å². The Bertz CT molecular complexity index is 321. The Kier molecular flexibility index (Phi) is 18.0. The molecule has 2 amide bonds. The van der Waals surface area contributed by atoms with Crippen molar-refractivity contribution in [3.05, 3.63) is 0 Å². The third kappa shape index (κ3) is 12.8. The van der Waals surface area contributed by atoms with Gasteiger partial charge in [-0.1, -0.05) is 0 Å². The van der Waals surface area contributed by atoms with E-state index in [0.717, 1.165) is 73.5 Å². The number of carbonyl (C=O) groups excluding carboxylic acids is 1. The van der Waals surface area contributed by atoms with Gasteiger partial charge in [-0.15, -0.1) is 0 Å². The average Bonchev–Trinajstić information content (AvgIpc) is 2.99. The summed E-state index contributed by atoms with van der Waals surface area (Å²) >= 11 is 16.4. The van der Waals surface area contributed by atoms with Crippen molar-refractivity contribution < 1.29 is 4.79 Å². The van der Waals surface area contributed by atoms with E-state index in [4.69, 9.17) is 0 Å². The fourth-order valence-corrected chi connectivity index (χ4v) is 6.94. The standard InChI is InChI=1S/C17H34N2OS6/c20-17-18(3-1-9-23-13-15-25-11-7-21)5-6-19(17)4-2-10-24-14-16-26-12-8-22/h21-22H,1-16H2. The van der Waals surface area contributed by atoms with Gasteiger partial charge in [0.25, 0.3) is 0 Å². The van der Waals surface area contributed by atoms with Crippen LogP contribution in [-0.4, -0.2) is 99.5 Å². The monoisotopic (exact) mass is 474 g/mol. The van der Waals surface area contributed by atoms with Gasteiger partial charge in [-0.25, -0.2) is 4.79 Å². The van der Waals surface area contributed by atoms with Gasteiger partial charge in [0.15, 0.2) is 0 Å². The molecule has 1 heterocycles. The molecule has 0 aromatic carbocycles. The van der Waals surface area contributed by atoms with E-state index in [1.54, 1.807) is 0 Å². The molecule has 0 saturated carbocycles. The maximum Gasteiger partial charge on any atom is 0.320 e. The van der Waals surface area contributed by atoms with E-state index in [0.29, 0.717) is 0 Å². The molecule has 0 aromatic heterocycles. The van der Waals surface area contributed by atoms with Crippen LogP contribution >= 0.6 is 72.3 Å². The van der Waals surface area contributed by atoms with Crippen LogP contribution in [0.3, 0.4) is 0 Å². The smallest absolute Gasteiger partial charge is 0.320 e. The quantitative estimate of drug-likeness (QED) is 0.228. The maximum absolute atomic E-state index is 12.4. The molecule has 1 fully saturated rings. The topological polar surface area (TPSA) is 23.6 Å². The van der Waals surface area contributed by atoms with Gasteiger partial charge in [-0.2, -0.15) is 72.3 Å². The summed E-state index contributed by atoms with van der Waals surface area (Å²) in [6, 6.07) is 0.258. The summed E-state index contributed by atoms with van der Waals surface area (Å²) in [7, 11) is 0. The fraction of sp³-hybridized carbons (Fsp3) is 0.941. The number of nitrogens with zero attached hydrogens (tertiary/aromatic N) is 2. The Morgan fingerprint density at radius 1 is 0.654 bits per heavy atom. The molecule has 0 spiro atoms. The van der Waals surface area contributed by atoms with Crippen LogP contribution in [0.25, 0.3) is 0 Å². The number of rotatable bonds is 18. The molecular weight excluding hydrogens is 441 g/mol. The van der Waals surface area contributed by atoms with Crippen LogP contribution in [-0.2, 0) is 0 Å². The van der Waals surface area contributed by atoms with Crippen molar-refractivity contribution in [2.24, 2.45) is 0 Å². The summed E-state index contributed by atoms with van der Waals surface area (Å²) in [5.41, 5.74) is 0. The minimum absolute atomic E-state index is 0.258. The van der Waals surface area contributed by atoms with Crippen molar-refractivity contribution in [3.8, 4) is 0 Å². The number of urea groups is 1. The molecule has 0 bridgehead atoms. The van der Waals surface area contributed by atoms with Crippen LogP contribution in [0.1, 0.15) is 12.8 Å². The zero-order valence-electron chi connectivity index (χ0n) is 15.6. The lowest BCUT2D eigenvalue weighted by Gasteiger charge is -2.18. The van der Waals surface area contributed by atoms with Gasteiger partial charge in [0.05, 0.1) is 0 Å². The summed E-state index contributed by atoms with van der Waals surface area (Å²) in [5, 5.41) is 0. The number of amides is 2. The molecule has 0 radical (unpaired) electrons. The zero-order valence-corrected chi connectivity index (χ0v) is 20.7. The summed E-state index contributed by atoms with van der Waals surface area (Å²) in [5.74, 6) is 11.4. The van der Waals surface area contributed by atoms with Gasteiger partial charge < -0.3 is 9.80 Å². The van der Waals surface area contributed by atoms with Crippen LogP contribution in [0.15, 0.2) is 0 Å². The van der Waals surface area contributed by atoms with Gasteiger partial charge in [0.1, 0.15) is 0 Å². The number of hydrogen-bond acceptors (Lipinski definition) is 7. The number of thioether (sulfide) groups is 4. The van der Waals surface area contributed by atoms with E-state index >= 15 is 0 Å². The highest BCUT2D eigenvalue weighted by Gasteiger charge is 2.27. The number of hydrogen-bond donors (Lipinski definition) is 2. The van der Waals surface area contributed by atoms with Gasteiger partial charge in [-0.3, -0.25) is 0 Å². The number of thiol groups is 2. The van der Waals surface area contributed by atoms with Crippen LogP contribution in [0.4, 0.5) is 4.79 Å². The molecule has 0 aliphatic carbocycles. The predicted octanol–water partition coefficient (Wildman–Crippen LogP) is 4.30. The van der Waals surface area contributed by atoms with Crippen LogP contribution in [0.2, 0.25) is 0 Å². The molecule has 3 nitrogen and oxygen atoms in total. The molecule has 1 rings (SSSR count). The molecule has 0 aromatic rings. The normalized spacial score (nSPS) is 14.6. The van der Waals surface area contributed by atoms with Crippen molar-refractivity contribution in [1.82, 2.24) is 9.80 Å². The second-order valence-corrected chi connectivity index (χ2v) is 11.7. The van der Waals surface area contributed by atoms with Crippen molar-refractivity contribution in [2.75, 3.05) is 83.7 Å². The third-order valence-electron chi connectivity index (χ3n) is 3.83. The summed E-state index contributed by atoms with van der Waals surface area (Å²) in [6.45, 7) is 3.66. The summed E-state index contributed by atoms with van der Waals surface area (Å²) in [4.78, 5) is 16.5. The van der Waals surface area contributed by atoms with Gasteiger partial charge in [0, 0.05) is 60.7 Å². The minimum atomic E-state index is 0.258. The first-order valence-electron chi connectivity index (χ1n) is 9.36. The molecule has 1 aliphatic heterocycles. The molecule has 0 N–H and O–H groups in total. The largest absolute Gasteiger partial charge is 0.323 e.